The van der Waals surface area contributed by atoms with Crippen LogP contribution in [0.15, 0.2) is 48.5 Å². The molecule has 8 heteroatoms. The Morgan fingerprint density at radius 1 is 1.07 bits per heavy atom. The van der Waals surface area contributed by atoms with Crippen molar-refractivity contribution in [1.29, 1.82) is 0 Å². The fourth-order valence-corrected chi connectivity index (χ4v) is 3.06. The van der Waals surface area contributed by atoms with Gasteiger partial charge in [0.1, 0.15) is 10.8 Å². The van der Waals surface area contributed by atoms with Crippen LogP contribution >= 0.6 is 11.3 Å². The number of halogens is 1. The summed E-state index contributed by atoms with van der Waals surface area (Å²) in [6.07, 6.45) is 0.0413. The fraction of sp³-hybridized carbons (Fsp3) is 0.158. The van der Waals surface area contributed by atoms with Gasteiger partial charge in [0, 0.05) is 18.5 Å². The van der Waals surface area contributed by atoms with Gasteiger partial charge in [-0.15, -0.1) is 10.2 Å². The summed E-state index contributed by atoms with van der Waals surface area (Å²) in [5.74, 6) is -1.47. The third kappa shape index (κ3) is 4.95. The summed E-state index contributed by atoms with van der Waals surface area (Å²) in [4.78, 5) is 23.9. The second-order valence-electron chi connectivity index (χ2n) is 5.81. The molecular weight excluding hydrogens is 367 g/mol. The minimum atomic E-state index is -0.600. The van der Waals surface area contributed by atoms with Gasteiger partial charge in [-0.2, -0.15) is 0 Å². The Bertz CT molecular complexity index is 956. The van der Waals surface area contributed by atoms with E-state index in [4.69, 9.17) is 0 Å². The van der Waals surface area contributed by atoms with Crippen molar-refractivity contribution >= 4 is 28.3 Å². The Kier molecular flexibility index (Phi) is 5.87. The van der Waals surface area contributed by atoms with Crippen molar-refractivity contribution in [2.45, 2.75) is 13.3 Å². The Morgan fingerprint density at radius 2 is 1.81 bits per heavy atom. The number of aryl methyl sites for hydroxylation is 1. The lowest BCUT2D eigenvalue weighted by molar-refractivity contribution is -0.116. The van der Waals surface area contributed by atoms with Crippen LogP contribution < -0.4 is 10.6 Å². The van der Waals surface area contributed by atoms with Gasteiger partial charge in [0.05, 0.1) is 5.56 Å². The largest absolute Gasteiger partial charge is 0.351 e. The number of nitrogens with one attached hydrogen (secondary N) is 2. The molecule has 1 aromatic heterocycles. The van der Waals surface area contributed by atoms with Crippen molar-refractivity contribution in [3.63, 3.8) is 0 Å². The first kappa shape index (κ1) is 18.7. The molecule has 2 aromatic carbocycles. The van der Waals surface area contributed by atoms with Crippen molar-refractivity contribution in [2.24, 2.45) is 0 Å². The molecule has 0 aliphatic heterocycles. The monoisotopic (exact) mass is 384 g/mol. The lowest BCUT2D eigenvalue weighted by atomic mass is 10.2. The highest BCUT2D eigenvalue weighted by Gasteiger charge is 2.12. The van der Waals surface area contributed by atoms with Crippen LogP contribution in [-0.2, 0) is 4.79 Å². The van der Waals surface area contributed by atoms with Gasteiger partial charge in [0.25, 0.3) is 5.91 Å². The Labute approximate surface area is 159 Å². The van der Waals surface area contributed by atoms with Gasteiger partial charge in [-0.05, 0) is 19.1 Å². The Hall–Kier alpha value is -3.13. The van der Waals surface area contributed by atoms with Gasteiger partial charge < -0.3 is 10.6 Å². The van der Waals surface area contributed by atoms with Gasteiger partial charge in [-0.3, -0.25) is 9.59 Å². The molecule has 0 atom stereocenters. The molecule has 0 aliphatic rings. The van der Waals surface area contributed by atoms with E-state index < -0.39 is 11.7 Å². The number of nitrogens with zero attached hydrogens (tertiary/aromatic N) is 2. The van der Waals surface area contributed by atoms with E-state index in [0.29, 0.717) is 10.1 Å². The molecule has 0 aliphatic carbocycles. The molecule has 1 heterocycles. The summed E-state index contributed by atoms with van der Waals surface area (Å²) in [7, 11) is 0. The summed E-state index contributed by atoms with van der Waals surface area (Å²) in [6, 6.07) is 13.5. The third-order valence-electron chi connectivity index (χ3n) is 3.73. The second kappa shape index (κ2) is 8.50. The first-order valence-electron chi connectivity index (χ1n) is 8.26. The topological polar surface area (TPSA) is 84.0 Å². The van der Waals surface area contributed by atoms with Crippen LogP contribution in [0.4, 0.5) is 9.52 Å². The molecule has 6 nitrogen and oxygen atoms in total. The number of benzene rings is 2. The third-order valence-corrected chi connectivity index (χ3v) is 4.61. The van der Waals surface area contributed by atoms with Gasteiger partial charge in [0.15, 0.2) is 0 Å². The van der Waals surface area contributed by atoms with E-state index in [1.807, 2.05) is 31.2 Å². The lowest BCUT2D eigenvalue weighted by Crippen LogP contribution is -2.28. The zero-order valence-electron chi connectivity index (χ0n) is 14.5. The molecule has 0 unspecified atom stereocenters. The van der Waals surface area contributed by atoms with Crippen molar-refractivity contribution < 1.29 is 14.0 Å². The predicted octanol–water partition coefficient (Wildman–Crippen LogP) is 3.41. The highest BCUT2D eigenvalue weighted by atomic mass is 32.1. The average Bonchev–Trinajstić information content (AvgIpc) is 3.11. The van der Waals surface area contributed by atoms with E-state index in [1.165, 1.54) is 29.5 Å². The number of hydrogen-bond acceptors (Lipinski definition) is 5. The van der Waals surface area contributed by atoms with Crippen LogP contribution in [0.1, 0.15) is 22.3 Å². The summed E-state index contributed by atoms with van der Waals surface area (Å²) in [6.45, 7) is 2.09. The average molecular weight is 384 g/mol. The second-order valence-corrected chi connectivity index (χ2v) is 6.79. The minimum Gasteiger partial charge on any atom is -0.351 e. The van der Waals surface area contributed by atoms with Gasteiger partial charge >= 0.3 is 0 Å². The number of aromatic nitrogens is 2. The maximum atomic E-state index is 13.5. The lowest BCUT2D eigenvalue weighted by Gasteiger charge is -2.05. The molecule has 0 radical (unpaired) electrons. The van der Waals surface area contributed by atoms with Crippen LogP contribution in [0.25, 0.3) is 10.6 Å². The van der Waals surface area contributed by atoms with Crippen LogP contribution in [0.5, 0.6) is 0 Å². The Morgan fingerprint density at radius 3 is 2.56 bits per heavy atom. The molecule has 27 heavy (non-hydrogen) atoms. The maximum Gasteiger partial charge on any atom is 0.254 e. The van der Waals surface area contributed by atoms with Crippen LogP contribution in [-0.4, -0.2) is 28.6 Å². The first-order valence-corrected chi connectivity index (χ1v) is 9.08. The minimum absolute atomic E-state index is 0.0413. The number of amides is 2. The van der Waals surface area contributed by atoms with Crippen molar-refractivity contribution in [2.75, 3.05) is 11.9 Å². The van der Waals surface area contributed by atoms with E-state index in [9.17, 15) is 14.0 Å². The molecule has 138 valence electrons. The van der Waals surface area contributed by atoms with Crippen LogP contribution in [0.3, 0.4) is 0 Å². The fourth-order valence-electron chi connectivity index (χ4n) is 2.30. The number of carbonyl (C=O) groups is 2. The smallest absolute Gasteiger partial charge is 0.254 e. The molecule has 3 aromatic rings. The molecule has 2 amide bonds. The van der Waals surface area contributed by atoms with Crippen molar-refractivity contribution in [1.82, 2.24) is 15.5 Å². The van der Waals surface area contributed by atoms with Crippen molar-refractivity contribution in [3.8, 4) is 10.6 Å². The zero-order valence-corrected chi connectivity index (χ0v) is 15.3. The summed E-state index contributed by atoms with van der Waals surface area (Å²) < 4.78 is 13.5. The molecule has 0 saturated heterocycles. The van der Waals surface area contributed by atoms with E-state index in [2.05, 4.69) is 20.8 Å². The summed E-state index contributed by atoms with van der Waals surface area (Å²) in [5, 5.41) is 14.3. The summed E-state index contributed by atoms with van der Waals surface area (Å²) in [5.41, 5.74) is 2.02. The predicted molar refractivity (Wildman–Crippen MR) is 102 cm³/mol. The van der Waals surface area contributed by atoms with E-state index in [-0.39, 0.29) is 24.4 Å². The van der Waals surface area contributed by atoms with Crippen LogP contribution in [0, 0.1) is 12.7 Å². The quantitative estimate of drug-likeness (QED) is 0.682. The molecule has 0 fully saturated rings. The van der Waals surface area contributed by atoms with E-state index >= 15 is 0 Å². The van der Waals surface area contributed by atoms with E-state index in [0.717, 1.165) is 11.1 Å². The first-order chi connectivity index (χ1) is 13.0. The van der Waals surface area contributed by atoms with Crippen LogP contribution in [0.2, 0.25) is 0 Å². The number of carbonyl (C=O) groups excluding carboxylic acids is 2. The molecular formula is C19H17FN4O2S. The molecule has 2 N–H and O–H groups in total. The SMILES string of the molecule is Cc1ccc(-c2nnc(NC(=O)CCNC(=O)c3ccccc3F)s2)cc1. The highest BCUT2D eigenvalue weighted by molar-refractivity contribution is 7.18. The Balaban J connectivity index is 1.49. The molecule has 0 spiro atoms. The zero-order chi connectivity index (χ0) is 19.2. The molecule has 3 rings (SSSR count). The molecule has 0 saturated carbocycles. The standard InChI is InChI=1S/C19H17FN4O2S/c1-12-6-8-13(9-7-12)18-23-24-19(27-18)22-16(25)10-11-21-17(26)14-4-2-3-5-15(14)20/h2-9H,10-11H2,1H3,(H,21,26)(H,22,24,25). The normalized spacial score (nSPS) is 10.4. The number of rotatable bonds is 6. The maximum absolute atomic E-state index is 13.5. The van der Waals surface area contributed by atoms with Gasteiger partial charge in [-0.25, -0.2) is 4.39 Å². The summed E-state index contributed by atoms with van der Waals surface area (Å²) >= 11 is 1.27. The van der Waals surface area contributed by atoms with Gasteiger partial charge in [0.2, 0.25) is 11.0 Å². The highest BCUT2D eigenvalue weighted by Crippen LogP contribution is 2.26. The van der Waals surface area contributed by atoms with E-state index in [1.54, 1.807) is 6.07 Å². The van der Waals surface area contributed by atoms with Crippen molar-refractivity contribution in [3.05, 3.63) is 65.5 Å². The molecule has 0 bridgehead atoms. The number of anilines is 1. The number of hydrogen-bond donors (Lipinski definition) is 2. The van der Waals surface area contributed by atoms with Gasteiger partial charge in [-0.1, -0.05) is 53.3 Å².